The highest BCUT2D eigenvalue weighted by molar-refractivity contribution is 6.33. The summed E-state index contributed by atoms with van der Waals surface area (Å²) in [6.07, 6.45) is 3.43. The lowest BCUT2D eigenvalue weighted by molar-refractivity contribution is -0.116. The maximum Gasteiger partial charge on any atom is 0.261 e. The van der Waals surface area contributed by atoms with Crippen LogP contribution < -0.4 is 16.2 Å². The molecule has 1 amide bonds. The number of nitrogens with one attached hydrogen (secondary N) is 2. The van der Waals surface area contributed by atoms with E-state index in [1.807, 2.05) is 42.5 Å². The van der Waals surface area contributed by atoms with Crippen LogP contribution in [0.3, 0.4) is 0 Å². The summed E-state index contributed by atoms with van der Waals surface area (Å²) >= 11 is 6.36. The number of anilines is 1. The van der Waals surface area contributed by atoms with Crippen molar-refractivity contribution in [1.82, 2.24) is 19.9 Å². The first-order valence-corrected chi connectivity index (χ1v) is 12.6. The largest absolute Gasteiger partial charge is 0.354 e. The van der Waals surface area contributed by atoms with Crippen molar-refractivity contribution in [2.75, 3.05) is 12.4 Å². The summed E-state index contributed by atoms with van der Waals surface area (Å²) in [4.78, 5) is 35.1. The van der Waals surface area contributed by atoms with Gasteiger partial charge in [0.05, 0.1) is 6.04 Å². The van der Waals surface area contributed by atoms with Gasteiger partial charge in [-0.1, -0.05) is 60.1 Å². The second kappa shape index (κ2) is 10.5. The molecule has 0 radical (unpaired) electrons. The minimum atomic E-state index is -0.507. The van der Waals surface area contributed by atoms with Crippen molar-refractivity contribution in [2.24, 2.45) is 13.0 Å². The fraction of sp³-hybridized carbons (Fsp3) is 0.207. The zero-order valence-electron chi connectivity index (χ0n) is 20.9. The summed E-state index contributed by atoms with van der Waals surface area (Å²) in [7, 11) is 3.17. The average molecular weight is 525 g/mol. The lowest BCUT2D eigenvalue weighted by atomic mass is 9.90. The van der Waals surface area contributed by atoms with Crippen molar-refractivity contribution in [3.8, 4) is 17.2 Å². The third kappa shape index (κ3) is 4.76. The van der Waals surface area contributed by atoms with Crippen molar-refractivity contribution in [1.29, 1.82) is 5.26 Å². The number of fused-ring (bicyclic) bond motifs is 1. The van der Waals surface area contributed by atoms with Crippen molar-refractivity contribution in [3.63, 3.8) is 0 Å². The number of nitrogens with zero attached hydrogens (tertiary/aromatic N) is 4. The predicted octanol–water partition coefficient (Wildman–Crippen LogP) is 4.78. The summed E-state index contributed by atoms with van der Waals surface area (Å²) < 4.78 is 1.47. The number of halogens is 1. The predicted molar refractivity (Wildman–Crippen MR) is 147 cm³/mol. The van der Waals surface area contributed by atoms with Crippen LogP contribution in [0.5, 0.6) is 0 Å². The second-order valence-corrected chi connectivity index (χ2v) is 9.57. The first-order valence-electron chi connectivity index (χ1n) is 12.2. The van der Waals surface area contributed by atoms with Gasteiger partial charge in [0.15, 0.2) is 0 Å². The number of carbonyl (C=O) groups excluding carboxylic acids is 1. The number of pyridine rings is 1. The molecule has 8 nitrogen and oxygen atoms in total. The highest BCUT2D eigenvalue weighted by Crippen LogP contribution is 2.45. The van der Waals surface area contributed by atoms with E-state index in [-0.39, 0.29) is 23.0 Å². The number of nitriles is 1. The van der Waals surface area contributed by atoms with E-state index in [4.69, 9.17) is 11.6 Å². The minimum Gasteiger partial charge on any atom is -0.354 e. The average Bonchev–Trinajstić information content (AvgIpc) is 3.78. The van der Waals surface area contributed by atoms with E-state index in [9.17, 15) is 14.9 Å². The third-order valence-corrected chi connectivity index (χ3v) is 7.03. The summed E-state index contributed by atoms with van der Waals surface area (Å²) in [6, 6.07) is 20.1. The molecule has 1 unspecified atom stereocenters. The third-order valence-electron chi connectivity index (χ3n) is 6.70. The standard InChI is InChI=1S/C29H25ClN6O2/c1-32-27(37)22(15-31)24(17-12-13-17)25(18-8-4-3-5-9-18)34-29-33-16-19-14-21(20-10-6-7-11-23(20)30)28(38)36(2)26(19)35-29/h3-11,14,16-17,25H,12-13H2,1-2H3,(H,32,37)(H,33,34,35). The summed E-state index contributed by atoms with van der Waals surface area (Å²) in [5.74, 6) is -0.0482. The zero-order valence-corrected chi connectivity index (χ0v) is 21.7. The van der Waals surface area contributed by atoms with Crippen LogP contribution >= 0.6 is 11.6 Å². The molecular formula is C29H25ClN6O2. The van der Waals surface area contributed by atoms with E-state index in [0.717, 1.165) is 18.4 Å². The molecule has 190 valence electrons. The number of aryl methyl sites for hydroxylation is 1. The smallest absolute Gasteiger partial charge is 0.261 e. The van der Waals surface area contributed by atoms with E-state index < -0.39 is 11.9 Å². The van der Waals surface area contributed by atoms with Gasteiger partial charge >= 0.3 is 0 Å². The topological polar surface area (TPSA) is 113 Å². The van der Waals surface area contributed by atoms with Gasteiger partial charge in [-0.05, 0) is 42.0 Å². The molecule has 0 bridgehead atoms. The van der Waals surface area contributed by atoms with Gasteiger partial charge in [-0.2, -0.15) is 10.2 Å². The molecule has 0 aliphatic heterocycles. The van der Waals surface area contributed by atoms with Crippen LogP contribution in [0.15, 0.2) is 82.8 Å². The Balaban J connectivity index is 1.62. The quantitative estimate of drug-likeness (QED) is 0.266. The van der Waals surface area contributed by atoms with Crippen molar-refractivity contribution < 1.29 is 4.79 Å². The number of benzene rings is 2. The summed E-state index contributed by atoms with van der Waals surface area (Å²) in [6.45, 7) is 0. The molecule has 0 spiro atoms. The molecule has 38 heavy (non-hydrogen) atoms. The SMILES string of the molecule is CNC(=O)C(C#N)=C(C1CC1)C(Nc1ncc2cc(-c3ccccc3Cl)c(=O)n(C)c2n1)c1ccccc1. The molecule has 4 aromatic rings. The molecule has 1 fully saturated rings. The number of hydrogen-bond donors (Lipinski definition) is 2. The fourth-order valence-electron chi connectivity index (χ4n) is 4.65. The van der Waals surface area contributed by atoms with E-state index in [1.54, 1.807) is 31.4 Å². The van der Waals surface area contributed by atoms with Crippen LogP contribution in [-0.2, 0) is 11.8 Å². The molecule has 1 atom stereocenters. The Hall–Kier alpha value is -4.48. The van der Waals surface area contributed by atoms with E-state index in [1.165, 1.54) is 11.6 Å². The van der Waals surface area contributed by atoms with E-state index in [2.05, 4.69) is 26.7 Å². The highest BCUT2D eigenvalue weighted by atomic mass is 35.5. The van der Waals surface area contributed by atoms with Crippen LogP contribution in [0, 0.1) is 17.2 Å². The molecule has 2 aromatic carbocycles. The van der Waals surface area contributed by atoms with Crippen LogP contribution in [0.2, 0.25) is 5.02 Å². The number of amides is 1. The summed E-state index contributed by atoms with van der Waals surface area (Å²) in [5, 5.41) is 17.0. The molecule has 1 aliphatic carbocycles. The maximum atomic E-state index is 13.3. The molecule has 2 aromatic heterocycles. The summed E-state index contributed by atoms with van der Waals surface area (Å²) in [5.41, 5.74) is 2.98. The van der Waals surface area contributed by atoms with Crippen LogP contribution in [0.4, 0.5) is 5.95 Å². The molecular weight excluding hydrogens is 500 g/mol. The maximum absolute atomic E-state index is 13.3. The van der Waals surface area contributed by atoms with Gasteiger partial charge in [0, 0.05) is 41.8 Å². The number of carbonyl (C=O) groups is 1. The van der Waals surface area contributed by atoms with Gasteiger partial charge in [0.25, 0.3) is 11.5 Å². The van der Waals surface area contributed by atoms with E-state index >= 15 is 0 Å². The second-order valence-electron chi connectivity index (χ2n) is 9.16. The fourth-order valence-corrected chi connectivity index (χ4v) is 4.89. The molecule has 5 rings (SSSR count). The Bertz CT molecular complexity index is 1670. The van der Waals surface area contributed by atoms with Crippen molar-refractivity contribution in [2.45, 2.75) is 18.9 Å². The normalized spacial score (nSPS) is 14.4. The van der Waals surface area contributed by atoms with Gasteiger partial charge in [0.2, 0.25) is 5.95 Å². The van der Waals surface area contributed by atoms with Crippen LogP contribution in [-0.4, -0.2) is 27.5 Å². The monoisotopic (exact) mass is 524 g/mol. The van der Waals surface area contributed by atoms with Gasteiger partial charge < -0.3 is 10.6 Å². The molecule has 9 heteroatoms. The minimum absolute atomic E-state index is 0.0916. The first-order chi connectivity index (χ1) is 18.4. The van der Waals surface area contributed by atoms with Gasteiger partial charge in [-0.15, -0.1) is 0 Å². The molecule has 1 aliphatic rings. The first kappa shape index (κ1) is 25.2. The molecule has 2 N–H and O–H groups in total. The molecule has 2 heterocycles. The van der Waals surface area contributed by atoms with Gasteiger partial charge in [-0.25, -0.2) is 4.98 Å². The van der Waals surface area contributed by atoms with Crippen molar-refractivity contribution in [3.05, 3.63) is 98.9 Å². The van der Waals surface area contributed by atoms with E-state index in [0.29, 0.717) is 32.8 Å². The Kier molecular flexibility index (Phi) is 6.95. The van der Waals surface area contributed by atoms with Crippen LogP contribution in [0.1, 0.15) is 24.4 Å². The number of rotatable bonds is 7. The van der Waals surface area contributed by atoms with Crippen molar-refractivity contribution >= 4 is 34.5 Å². The Morgan fingerprint density at radius 3 is 2.50 bits per heavy atom. The van der Waals surface area contributed by atoms with Gasteiger partial charge in [0.1, 0.15) is 17.3 Å². The lowest BCUT2D eigenvalue weighted by Crippen LogP contribution is -2.25. The number of likely N-dealkylation sites (N-methyl/N-ethyl adjacent to an activating group) is 1. The van der Waals surface area contributed by atoms with Crippen LogP contribution in [0.25, 0.3) is 22.2 Å². The number of aromatic nitrogens is 3. The lowest BCUT2D eigenvalue weighted by Gasteiger charge is -2.24. The zero-order chi connectivity index (χ0) is 26.8. The molecule has 0 saturated heterocycles. The number of hydrogen-bond acceptors (Lipinski definition) is 6. The van der Waals surface area contributed by atoms with Gasteiger partial charge in [-0.3, -0.25) is 14.2 Å². The Morgan fingerprint density at radius 1 is 1.13 bits per heavy atom. The Labute approximate surface area is 224 Å². The Morgan fingerprint density at radius 2 is 1.84 bits per heavy atom. The molecule has 1 saturated carbocycles. The highest BCUT2D eigenvalue weighted by Gasteiger charge is 2.36.